The lowest BCUT2D eigenvalue weighted by atomic mass is 10.1. The van der Waals surface area contributed by atoms with Gasteiger partial charge in [-0.2, -0.15) is 16.4 Å². The van der Waals surface area contributed by atoms with Crippen LogP contribution in [0.4, 0.5) is 5.00 Å². The van der Waals surface area contributed by atoms with Crippen molar-refractivity contribution in [2.24, 2.45) is 0 Å². The highest BCUT2D eigenvalue weighted by Gasteiger charge is 2.20. The van der Waals surface area contributed by atoms with Crippen LogP contribution in [0.2, 0.25) is 0 Å². The van der Waals surface area contributed by atoms with Crippen molar-refractivity contribution >= 4 is 64.6 Å². The average Bonchev–Trinajstić information content (AvgIpc) is 3.52. The van der Waals surface area contributed by atoms with E-state index in [1.165, 1.54) is 10.8 Å². The van der Waals surface area contributed by atoms with Gasteiger partial charge in [-0.25, -0.2) is 9.36 Å². The third kappa shape index (κ3) is 2.09. The molecule has 0 amide bonds. The van der Waals surface area contributed by atoms with Crippen molar-refractivity contribution < 1.29 is 0 Å². The van der Waals surface area contributed by atoms with E-state index in [1.807, 2.05) is 28.9 Å². The number of hydrogen-bond donors (Lipinski definition) is 0. The van der Waals surface area contributed by atoms with Gasteiger partial charge in [0, 0.05) is 20.9 Å². The number of nitrogens with zero attached hydrogens (tertiary/aromatic N) is 4. The van der Waals surface area contributed by atoms with E-state index < -0.39 is 0 Å². The fourth-order valence-electron chi connectivity index (χ4n) is 4.78. The minimum Gasteiger partial charge on any atom is -0.306 e. The molecule has 0 aliphatic rings. The third-order valence-corrected chi connectivity index (χ3v) is 7.07. The molecule has 0 aliphatic carbocycles. The molecule has 7 rings (SSSR count). The number of rotatable bonds is 1. The van der Waals surface area contributed by atoms with E-state index in [0.29, 0.717) is 5.00 Å². The molecule has 0 atom stereocenters. The quantitative estimate of drug-likeness (QED) is 0.258. The van der Waals surface area contributed by atoms with E-state index in [2.05, 4.69) is 70.1 Å². The van der Waals surface area contributed by atoms with E-state index in [9.17, 15) is 0 Å². The van der Waals surface area contributed by atoms with Gasteiger partial charge >= 0.3 is 0 Å². The maximum atomic E-state index is 7.57. The molecule has 4 aromatic heterocycles. The van der Waals surface area contributed by atoms with Crippen molar-refractivity contribution in [2.75, 3.05) is 0 Å². The highest BCUT2D eigenvalue weighted by molar-refractivity contribution is 7.23. The van der Waals surface area contributed by atoms with Crippen molar-refractivity contribution in [3.8, 4) is 5.69 Å². The Morgan fingerprint density at radius 3 is 1.97 bits per heavy atom. The number of fused-ring (bicyclic) bond motifs is 9. The second kappa shape index (κ2) is 5.94. The topological polar surface area (TPSA) is 26.6 Å². The first-order chi connectivity index (χ1) is 15.3. The number of benzene rings is 3. The largest absolute Gasteiger partial charge is 0.306 e. The van der Waals surface area contributed by atoms with E-state index in [1.54, 1.807) is 11.3 Å². The van der Waals surface area contributed by atoms with Gasteiger partial charge in [0.15, 0.2) is 0 Å². The molecule has 4 heterocycles. The van der Waals surface area contributed by atoms with E-state index in [4.69, 9.17) is 11.7 Å². The summed E-state index contributed by atoms with van der Waals surface area (Å²) in [7, 11) is 0. The highest BCUT2D eigenvalue weighted by Crippen LogP contribution is 2.42. The molecule has 0 saturated carbocycles. The minimum atomic E-state index is 0.697. The molecule has 31 heavy (non-hydrogen) atoms. The Bertz CT molecular complexity index is 1810. The molecule has 144 valence electrons. The van der Waals surface area contributed by atoms with Gasteiger partial charge in [0.25, 0.3) is 0 Å². The van der Waals surface area contributed by atoms with Gasteiger partial charge in [-0.05, 0) is 29.7 Å². The van der Waals surface area contributed by atoms with Gasteiger partial charge < -0.3 is 4.57 Å². The maximum absolute atomic E-state index is 7.57. The van der Waals surface area contributed by atoms with E-state index in [-0.39, 0.29) is 0 Å². The van der Waals surface area contributed by atoms with Crippen LogP contribution in [0, 0.1) is 6.57 Å². The summed E-state index contributed by atoms with van der Waals surface area (Å²) >= 11 is 1.54. The standard InChI is InChI=1S/C26H14N4S/c1-27-24-14-19-18-10-4-7-13-22(18)30-25(26(19)31-24)23(15-28-30)29-20-11-5-2-8-16(20)17-9-3-6-12-21(17)29/h2-15H. The van der Waals surface area contributed by atoms with Crippen LogP contribution in [0.5, 0.6) is 0 Å². The molecule has 0 aliphatic heterocycles. The molecule has 0 radical (unpaired) electrons. The zero-order valence-corrected chi connectivity index (χ0v) is 17.1. The SMILES string of the molecule is [C-]#[N+]c1cc2c3ccccc3n3ncc(-n4c5ccccc5c5ccccc54)c3c2s1. The maximum Gasteiger partial charge on any atom is 0.242 e. The molecule has 0 spiro atoms. The van der Waals surface area contributed by atoms with Gasteiger partial charge in [0.05, 0.1) is 35.0 Å². The van der Waals surface area contributed by atoms with Crippen molar-refractivity contribution in [1.82, 2.24) is 14.2 Å². The predicted octanol–water partition coefficient (Wildman–Crippen LogP) is 7.35. The smallest absolute Gasteiger partial charge is 0.242 e. The fourth-order valence-corrected chi connectivity index (χ4v) is 5.77. The minimum absolute atomic E-state index is 0.697. The number of hydrogen-bond acceptors (Lipinski definition) is 2. The fraction of sp³-hybridized carbons (Fsp3) is 0. The monoisotopic (exact) mass is 414 g/mol. The van der Waals surface area contributed by atoms with Gasteiger partial charge in [-0.15, -0.1) is 0 Å². The molecule has 5 heteroatoms. The Morgan fingerprint density at radius 1 is 0.742 bits per heavy atom. The summed E-state index contributed by atoms with van der Waals surface area (Å²) in [5, 5.41) is 10.2. The summed E-state index contributed by atoms with van der Waals surface area (Å²) in [6.45, 7) is 7.57. The first kappa shape index (κ1) is 16.6. The second-order valence-electron chi connectivity index (χ2n) is 7.62. The number of thiophene rings is 1. The number of aromatic nitrogens is 3. The second-order valence-corrected chi connectivity index (χ2v) is 8.65. The van der Waals surface area contributed by atoms with Crippen molar-refractivity contribution in [3.05, 3.63) is 96.5 Å². The highest BCUT2D eigenvalue weighted by atomic mass is 32.1. The van der Waals surface area contributed by atoms with Crippen LogP contribution in [-0.4, -0.2) is 14.2 Å². The zero-order chi connectivity index (χ0) is 20.5. The van der Waals surface area contributed by atoms with Crippen LogP contribution >= 0.6 is 11.3 Å². The molecule has 0 fully saturated rings. The number of para-hydroxylation sites is 3. The van der Waals surface area contributed by atoms with Crippen LogP contribution in [0.1, 0.15) is 0 Å². The average molecular weight is 414 g/mol. The van der Waals surface area contributed by atoms with Gasteiger partial charge in [0.2, 0.25) is 5.00 Å². The Morgan fingerprint density at radius 2 is 1.32 bits per heavy atom. The molecular formula is C26H14N4S. The zero-order valence-electron chi connectivity index (χ0n) is 16.3. The van der Waals surface area contributed by atoms with Crippen LogP contribution in [0.3, 0.4) is 0 Å². The first-order valence-electron chi connectivity index (χ1n) is 10.0. The summed E-state index contributed by atoms with van der Waals surface area (Å²) in [5.74, 6) is 0. The molecule has 0 bridgehead atoms. The Labute approximate surface area is 181 Å². The molecule has 0 N–H and O–H groups in total. The third-order valence-electron chi connectivity index (χ3n) is 6.04. The lowest BCUT2D eigenvalue weighted by Gasteiger charge is -2.09. The summed E-state index contributed by atoms with van der Waals surface area (Å²) in [4.78, 5) is 3.73. The number of pyridine rings is 1. The van der Waals surface area contributed by atoms with Crippen molar-refractivity contribution in [2.45, 2.75) is 0 Å². The molecule has 3 aromatic carbocycles. The van der Waals surface area contributed by atoms with Crippen LogP contribution in [0.15, 0.2) is 85.1 Å². The lowest BCUT2D eigenvalue weighted by Crippen LogP contribution is -1.95. The molecule has 0 unspecified atom stereocenters. The molecule has 4 nitrogen and oxygen atoms in total. The summed E-state index contributed by atoms with van der Waals surface area (Å²) in [5.41, 5.74) is 5.43. The Hall–Kier alpha value is -4.14. The molecular weight excluding hydrogens is 400 g/mol. The van der Waals surface area contributed by atoms with Gasteiger partial charge in [-0.3, -0.25) is 0 Å². The van der Waals surface area contributed by atoms with Crippen LogP contribution in [-0.2, 0) is 0 Å². The summed E-state index contributed by atoms with van der Waals surface area (Å²) in [6.07, 6.45) is 1.96. The van der Waals surface area contributed by atoms with Gasteiger partial charge in [0.1, 0.15) is 5.52 Å². The van der Waals surface area contributed by atoms with Crippen molar-refractivity contribution in [3.63, 3.8) is 0 Å². The van der Waals surface area contributed by atoms with Crippen LogP contribution < -0.4 is 0 Å². The van der Waals surface area contributed by atoms with E-state index >= 15 is 0 Å². The molecule has 0 saturated heterocycles. The van der Waals surface area contributed by atoms with Crippen LogP contribution in [0.25, 0.3) is 58.8 Å². The normalized spacial score (nSPS) is 11.8. The lowest BCUT2D eigenvalue weighted by molar-refractivity contribution is 1.01. The molecule has 7 aromatic rings. The van der Waals surface area contributed by atoms with E-state index in [0.717, 1.165) is 43.2 Å². The van der Waals surface area contributed by atoms with Crippen molar-refractivity contribution in [1.29, 1.82) is 0 Å². The predicted molar refractivity (Wildman–Crippen MR) is 129 cm³/mol. The first-order valence-corrected chi connectivity index (χ1v) is 10.8. The Balaban J connectivity index is 1.75. The Kier molecular flexibility index (Phi) is 3.19. The summed E-state index contributed by atoms with van der Waals surface area (Å²) < 4.78 is 5.43. The van der Waals surface area contributed by atoms with Gasteiger partial charge in [-0.1, -0.05) is 54.6 Å². The summed E-state index contributed by atoms with van der Waals surface area (Å²) in [6, 6.07) is 27.3.